The van der Waals surface area contributed by atoms with Crippen LogP contribution < -0.4 is 0 Å². The summed E-state index contributed by atoms with van der Waals surface area (Å²) in [5.41, 5.74) is -0.218. The molecule has 1 saturated carbocycles. The first-order chi connectivity index (χ1) is 8.11. The summed E-state index contributed by atoms with van der Waals surface area (Å²) >= 11 is 0. The maximum absolute atomic E-state index is 12.3. The molecule has 0 aromatic carbocycles. The van der Waals surface area contributed by atoms with Gasteiger partial charge in [-0.25, -0.2) is 8.78 Å². The van der Waals surface area contributed by atoms with E-state index in [2.05, 4.69) is 5.10 Å². The van der Waals surface area contributed by atoms with Crippen LogP contribution in [0.15, 0.2) is 12.3 Å². The Balaban J connectivity index is 1.88. The fraction of sp³-hybridized carbons (Fsp3) is 0.636. The third-order valence-electron chi connectivity index (χ3n) is 2.96. The number of halogens is 2. The van der Waals surface area contributed by atoms with E-state index in [1.54, 1.807) is 6.92 Å². The van der Waals surface area contributed by atoms with Crippen LogP contribution in [0.5, 0.6) is 0 Å². The van der Waals surface area contributed by atoms with E-state index >= 15 is 0 Å². The number of rotatable bonds is 4. The van der Waals surface area contributed by atoms with Crippen molar-refractivity contribution in [2.45, 2.75) is 32.2 Å². The Kier molecular flexibility index (Phi) is 3.40. The number of carbonyl (C=O) groups excluding carboxylic acids is 1. The summed E-state index contributed by atoms with van der Waals surface area (Å²) in [5, 5.41) is 3.79. The third kappa shape index (κ3) is 2.45. The molecule has 0 bridgehead atoms. The SMILES string of the molecule is CCOC(=O)C1CC(n2ccc(C(F)F)n2)C1. The van der Waals surface area contributed by atoms with E-state index in [-0.39, 0.29) is 23.6 Å². The number of ether oxygens (including phenoxy) is 1. The highest BCUT2D eigenvalue weighted by atomic mass is 19.3. The van der Waals surface area contributed by atoms with E-state index in [1.807, 2.05) is 0 Å². The zero-order valence-electron chi connectivity index (χ0n) is 9.47. The van der Waals surface area contributed by atoms with Gasteiger partial charge in [0.1, 0.15) is 5.69 Å². The molecule has 0 atom stereocenters. The predicted molar refractivity (Wildman–Crippen MR) is 55.6 cm³/mol. The minimum Gasteiger partial charge on any atom is -0.466 e. The lowest BCUT2D eigenvalue weighted by molar-refractivity contribution is -0.152. The molecule has 2 rings (SSSR count). The van der Waals surface area contributed by atoms with Crippen LogP contribution in [-0.4, -0.2) is 22.4 Å². The topological polar surface area (TPSA) is 44.1 Å². The van der Waals surface area contributed by atoms with Crippen LogP contribution in [0, 0.1) is 5.92 Å². The van der Waals surface area contributed by atoms with Gasteiger partial charge in [-0.15, -0.1) is 0 Å². The molecule has 1 aromatic rings. The van der Waals surface area contributed by atoms with Crippen molar-refractivity contribution in [2.75, 3.05) is 6.61 Å². The molecule has 0 saturated heterocycles. The normalized spacial score (nSPS) is 23.5. The van der Waals surface area contributed by atoms with Crippen LogP contribution in [-0.2, 0) is 9.53 Å². The molecule has 0 spiro atoms. The van der Waals surface area contributed by atoms with Crippen molar-refractivity contribution >= 4 is 5.97 Å². The second-order valence-corrected chi connectivity index (χ2v) is 4.10. The van der Waals surface area contributed by atoms with Crippen molar-refractivity contribution in [3.8, 4) is 0 Å². The van der Waals surface area contributed by atoms with Crippen molar-refractivity contribution in [3.05, 3.63) is 18.0 Å². The fourth-order valence-corrected chi connectivity index (χ4v) is 1.93. The number of hydrogen-bond donors (Lipinski definition) is 0. The Morgan fingerprint density at radius 3 is 2.88 bits per heavy atom. The van der Waals surface area contributed by atoms with E-state index < -0.39 is 6.43 Å². The number of alkyl halides is 2. The molecule has 0 radical (unpaired) electrons. The Labute approximate surface area is 97.6 Å². The molecule has 0 unspecified atom stereocenters. The number of nitrogens with zero attached hydrogens (tertiary/aromatic N) is 2. The van der Waals surface area contributed by atoms with Gasteiger partial charge >= 0.3 is 5.97 Å². The summed E-state index contributed by atoms with van der Waals surface area (Å²) in [7, 11) is 0. The van der Waals surface area contributed by atoms with Gasteiger partial charge in [-0.2, -0.15) is 5.10 Å². The van der Waals surface area contributed by atoms with Crippen molar-refractivity contribution in [2.24, 2.45) is 5.92 Å². The lowest BCUT2D eigenvalue weighted by Crippen LogP contribution is -2.33. The van der Waals surface area contributed by atoms with Crippen LogP contribution >= 0.6 is 0 Å². The van der Waals surface area contributed by atoms with Crippen molar-refractivity contribution in [1.29, 1.82) is 0 Å². The van der Waals surface area contributed by atoms with Gasteiger partial charge in [-0.1, -0.05) is 0 Å². The number of hydrogen-bond acceptors (Lipinski definition) is 3. The first-order valence-electron chi connectivity index (χ1n) is 5.61. The second-order valence-electron chi connectivity index (χ2n) is 4.10. The standard InChI is InChI=1S/C11H14F2N2O2/c1-2-17-11(16)7-5-8(6-7)15-4-3-9(14-15)10(12)13/h3-4,7-8,10H,2,5-6H2,1H3. The van der Waals surface area contributed by atoms with E-state index in [0.29, 0.717) is 19.4 Å². The summed E-state index contributed by atoms with van der Waals surface area (Å²) in [5.74, 6) is -0.316. The molecule has 4 nitrogen and oxygen atoms in total. The smallest absolute Gasteiger partial charge is 0.309 e. The molecule has 1 aromatic heterocycles. The third-order valence-corrected chi connectivity index (χ3v) is 2.96. The van der Waals surface area contributed by atoms with Crippen LogP contribution in [0.4, 0.5) is 8.78 Å². The summed E-state index contributed by atoms with van der Waals surface area (Å²) in [6, 6.07) is 1.35. The molecule has 6 heteroatoms. The summed E-state index contributed by atoms with van der Waals surface area (Å²) in [4.78, 5) is 11.3. The molecule has 1 heterocycles. The monoisotopic (exact) mass is 244 g/mol. The Bertz CT molecular complexity index is 400. The van der Waals surface area contributed by atoms with Gasteiger partial charge in [0, 0.05) is 6.20 Å². The molecule has 0 amide bonds. The first-order valence-corrected chi connectivity index (χ1v) is 5.61. The van der Waals surface area contributed by atoms with Gasteiger partial charge in [0.05, 0.1) is 18.6 Å². The number of esters is 1. The molecule has 94 valence electrons. The quantitative estimate of drug-likeness (QED) is 0.763. The average Bonchev–Trinajstić information content (AvgIpc) is 2.65. The summed E-state index contributed by atoms with van der Waals surface area (Å²) in [6.07, 6.45) is 0.220. The molecule has 0 N–H and O–H groups in total. The first kappa shape index (κ1) is 12.0. The van der Waals surface area contributed by atoms with E-state index in [4.69, 9.17) is 4.74 Å². The minimum atomic E-state index is -2.54. The Morgan fingerprint density at radius 1 is 1.65 bits per heavy atom. The van der Waals surface area contributed by atoms with Gasteiger partial charge in [-0.05, 0) is 25.8 Å². The van der Waals surface area contributed by atoms with Crippen LogP contribution in [0.1, 0.15) is 37.9 Å². The lowest BCUT2D eigenvalue weighted by atomic mass is 9.80. The Hall–Kier alpha value is -1.46. The van der Waals surface area contributed by atoms with E-state index in [1.165, 1.54) is 16.9 Å². The molecular formula is C11H14F2N2O2. The van der Waals surface area contributed by atoms with Gasteiger partial charge in [0.15, 0.2) is 0 Å². The van der Waals surface area contributed by atoms with Crippen LogP contribution in [0.3, 0.4) is 0 Å². The molecule has 1 aliphatic rings. The largest absolute Gasteiger partial charge is 0.466 e. The second kappa shape index (κ2) is 4.81. The molecule has 1 fully saturated rings. The highest BCUT2D eigenvalue weighted by Gasteiger charge is 2.37. The lowest BCUT2D eigenvalue weighted by Gasteiger charge is -2.33. The van der Waals surface area contributed by atoms with Gasteiger partial charge in [0.2, 0.25) is 0 Å². The highest BCUT2D eigenvalue weighted by Crippen LogP contribution is 2.38. The van der Waals surface area contributed by atoms with Crippen LogP contribution in [0.2, 0.25) is 0 Å². The van der Waals surface area contributed by atoms with Gasteiger partial charge in [-0.3, -0.25) is 9.48 Å². The molecule has 17 heavy (non-hydrogen) atoms. The molecule has 1 aliphatic carbocycles. The van der Waals surface area contributed by atoms with Crippen molar-refractivity contribution in [1.82, 2.24) is 9.78 Å². The maximum Gasteiger partial charge on any atom is 0.309 e. The maximum atomic E-state index is 12.3. The van der Waals surface area contributed by atoms with E-state index in [9.17, 15) is 13.6 Å². The van der Waals surface area contributed by atoms with E-state index in [0.717, 1.165) is 0 Å². The summed E-state index contributed by atoms with van der Waals surface area (Å²) < 4.78 is 31.0. The fourth-order valence-electron chi connectivity index (χ4n) is 1.93. The van der Waals surface area contributed by atoms with Crippen molar-refractivity contribution in [3.63, 3.8) is 0 Å². The van der Waals surface area contributed by atoms with Gasteiger partial charge < -0.3 is 4.74 Å². The zero-order valence-corrected chi connectivity index (χ0v) is 9.47. The van der Waals surface area contributed by atoms with Crippen molar-refractivity contribution < 1.29 is 18.3 Å². The zero-order chi connectivity index (χ0) is 12.4. The Morgan fingerprint density at radius 2 is 2.35 bits per heavy atom. The molecule has 0 aliphatic heterocycles. The number of aromatic nitrogens is 2. The minimum absolute atomic E-state index is 0.0388. The van der Waals surface area contributed by atoms with Crippen LogP contribution in [0.25, 0.3) is 0 Å². The van der Waals surface area contributed by atoms with Gasteiger partial charge in [0.25, 0.3) is 6.43 Å². The predicted octanol–water partition coefficient (Wildman–Crippen LogP) is 2.33. The average molecular weight is 244 g/mol. The number of carbonyl (C=O) groups is 1. The highest BCUT2D eigenvalue weighted by molar-refractivity contribution is 5.73. The summed E-state index contributed by atoms with van der Waals surface area (Å²) in [6.45, 7) is 2.13. The molecular weight excluding hydrogens is 230 g/mol.